The molecule has 1 aliphatic rings. The van der Waals surface area contributed by atoms with E-state index in [1.807, 2.05) is 16.8 Å². The summed E-state index contributed by atoms with van der Waals surface area (Å²) in [5, 5.41) is 11.7. The Morgan fingerprint density at radius 2 is 2.12 bits per heavy atom. The average molecular weight is 391 g/mol. The highest BCUT2D eigenvalue weighted by Gasteiger charge is 2.25. The normalized spacial score (nSPS) is 17.8. The van der Waals surface area contributed by atoms with Gasteiger partial charge in [-0.15, -0.1) is 12.4 Å². The van der Waals surface area contributed by atoms with Gasteiger partial charge in [0.1, 0.15) is 0 Å². The molecule has 0 aliphatic carbocycles. The van der Waals surface area contributed by atoms with Gasteiger partial charge in [-0.05, 0) is 29.0 Å². The fourth-order valence-corrected chi connectivity index (χ4v) is 3.88. The van der Waals surface area contributed by atoms with Crippen LogP contribution in [0.15, 0.2) is 45.6 Å². The third kappa shape index (κ3) is 4.15. The molecule has 138 valence electrons. The first kappa shape index (κ1) is 19.0. The highest BCUT2D eigenvalue weighted by atomic mass is 35.5. The monoisotopic (exact) mass is 390 g/mol. The first-order valence-electron chi connectivity index (χ1n) is 8.72. The molecule has 1 aromatic carbocycles. The first-order chi connectivity index (χ1) is 12.3. The van der Waals surface area contributed by atoms with E-state index in [0.29, 0.717) is 24.3 Å². The van der Waals surface area contributed by atoms with Crippen LogP contribution < -0.4 is 5.32 Å². The number of nitrogens with zero attached hydrogens (tertiary/aromatic N) is 3. The number of thiophene rings is 1. The van der Waals surface area contributed by atoms with Crippen LogP contribution in [0.3, 0.4) is 0 Å². The quantitative estimate of drug-likeness (QED) is 0.715. The SMILES string of the molecule is CCc1ccc(C2CNCCN2Cc2nc(-c3ccsc3)no2)cc1.Cl. The highest BCUT2D eigenvalue weighted by Crippen LogP contribution is 2.25. The minimum atomic E-state index is 0. The molecular weight excluding hydrogens is 368 g/mol. The van der Waals surface area contributed by atoms with Gasteiger partial charge in [-0.25, -0.2) is 0 Å². The van der Waals surface area contributed by atoms with E-state index < -0.39 is 0 Å². The summed E-state index contributed by atoms with van der Waals surface area (Å²) in [6.45, 7) is 5.76. The molecular formula is C19H23ClN4OS. The van der Waals surface area contributed by atoms with Crippen LogP contribution in [0.4, 0.5) is 0 Å². The molecule has 3 aromatic rings. The van der Waals surface area contributed by atoms with E-state index in [1.54, 1.807) is 11.3 Å². The number of rotatable bonds is 5. The molecule has 3 heterocycles. The van der Waals surface area contributed by atoms with Gasteiger partial charge in [-0.1, -0.05) is 36.3 Å². The fourth-order valence-electron chi connectivity index (χ4n) is 3.24. The van der Waals surface area contributed by atoms with Crippen LogP contribution in [0.2, 0.25) is 0 Å². The summed E-state index contributed by atoms with van der Waals surface area (Å²) in [5.41, 5.74) is 3.73. The number of benzene rings is 1. The zero-order valence-corrected chi connectivity index (χ0v) is 16.4. The van der Waals surface area contributed by atoms with E-state index in [1.165, 1.54) is 11.1 Å². The molecule has 1 atom stereocenters. The number of nitrogens with one attached hydrogen (secondary N) is 1. The minimum Gasteiger partial charge on any atom is -0.338 e. The average Bonchev–Trinajstić information content (AvgIpc) is 3.34. The number of halogens is 1. The Morgan fingerprint density at radius 1 is 1.27 bits per heavy atom. The molecule has 0 spiro atoms. The largest absolute Gasteiger partial charge is 0.338 e. The molecule has 1 unspecified atom stereocenters. The standard InChI is InChI=1S/C19H22N4OS.ClH/c1-2-14-3-5-15(6-4-14)17-11-20-8-9-23(17)12-18-21-19(22-24-18)16-7-10-25-13-16;/h3-7,10,13,17,20H,2,8-9,11-12H2,1H3;1H. The Kier molecular flexibility index (Phi) is 6.43. The summed E-state index contributed by atoms with van der Waals surface area (Å²) in [5.74, 6) is 1.36. The van der Waals surface area contributed by atoms with E-state index in [0.717, 1.165) is 31.6 Å². The van der Waals surface area contributed by atoms with E-state index in [-0.39, 0.29) is 12.4 Å². The van der Waals surface area contributed by atoms with Crippen molar-refractivity contribution in [1.82, 2.24) is 20.4 Å². The van der Waals surface area contributed by atoms with Crippen molar-refractivity contribution in [2.75, 3.05) is 19.6 Å². The smallest absolute Gasteiger partial charge is 0.241 e. The molecule has 0 radical (unpaired) electrons. The number of hydrogen-bond acceptors (Lipinski definition) is 6. The van der Waals surface area contributed by atoms with Crippen molar-refractivity contribution < 1.29 is 4.52 Å². The lowest BCUT2D eigenvalue weighted by Gasteiger charge is -2.35. The van der Waals surface area contributed by atoms with E-state index in [9.17, 15) is 0 Å². The summed E-state index contributed by atoms with van der Waals surface area (Å²) in [6, 6.07) is 11.3. The summed E-state index contributed by atoms with van der Waals surface area (Å²) < 4.78 is 5.49. The fraction of sp³-hybridized carbons (Fsp3) is 0.368. The highest BCUT2D eigenvalue weighted by molar-refractivity contribution is 7.08. The first-order valence-corrected chi connectivity index (χ1v) is 9.66. The number of piperazine rings is 1. The Labute approximate surface area is 163 Å². The molecule has 4 rings (SSSR count). The van der Waals surface area contributed by atoms with Gasteiger partial charge in [0.05, 0.1) is 6.54 Å². The predicted molar refractivity (Wildman–Crippen MR) is 107 cm³/mol. The van der Waals surface area contributed by atoms with Gasteiger partial charge in [0.2, 0.25) is 11.7 Å². The van der Waals surface area contributed by atoms with E-state index >= 15 is 0 Å². The van der Waals surface area contributed by atoms with Gasteiger partial charge in [0.25, 0.3) is 0 Å². The molecule has 0 bridgehead atoms. The van der Waals surface area contributed by atoms with Gasteiger partial charge < -0.3 is 9.84 Å². The Bertz CT molecular complexity index is 803. The molecule has 5 nitrogen and oxygen atoms in total. The number of aryl methyl sites for hydroxylation is 1. The molecule has 1 N–H and O–H groups in total. The van der Waals surface area contributed by atoms with Gasteiger partial charge in [-0.2, -0.15) is 16.3 Å². The Morgan fingerprint density at radius 3 is 2.85 bits per heavy atom. The van der Waals surface area contributed by atoms with Crippen LogP contribution in [0.1, 0.15) is 30.0 Å². The molecule has 0 amide bonds. The molecule has 2 aromatic heterocycles. The summed E-state index contributed by atoms with van der Waals surface area (Å²) in [6.07, 6.45) is 1.07. The molecule has 7 heteroatoms. The number of aromatic nitrogens is 2. The lowest BCUT2D eigenvalue weighted by Crippen LogP contribution is -2.45. The third-order valence-corrected chi connectivity index (χ3v) is 5.40. The molecule has 1 saturated heterocycles. The lowest BCUT2D eigenvalue weighted by atomic mass is 10.0. The topological polar surface area (TPSA) is 54.2 Å². The summed E-state index contributed by atoms with van der Waals surface area (Å²) in [4.78, 5) is 6.99. The van der Waals surface area contributed by atoms with Crippen LogP contribution in [-0.2, 0) is 13.0 Å². The lowest BCUT2D eigenvalue weighted by molar-refractivity contribution is 0.135. The van der Waals surface area contributed by atoms with E-state index in [2.05, 4.69) is 51.5 Å². The van der Waals surface area contributed by atoms with Crippen molar-refractivity contribution >= 4 is 23.7 Å². The second-order valence-corrected chi connectivity index (χ2v) is 7.09. The molecule has 0 saturated carbocycles. The second-order valence-electron chi connectivity index (χ2n) is 6.31. The van der Waals surface area contributed by atoms with Crippen molar-refractivity contribution in [3.05, 3.63) is 58.1 Å². The summed E-state index contributed by atoms with van der Waals surface area (Å²) >= 11 is 1.64. The Hall–Kier alpha value is -1.73. The minimum absolute atomic E-state index is 0. The van der Waals surface area contributed by atoms with Crippen molar-refractivity contribution in [2.45, 2.75) is 25.9 Å². The summed E-state index contributed by atoms with van der Waals surface area (Å²) in [7, 11) is 0. The maximum Gasteiger partial charge on any atom is 0.241 e. The molecule has 1 aliphatic heterocycles. The van der Waals surface area contributed by atoms with E-state index in [4.69, 9.17) is 4.52 Å². The van der Waals surface area contributed by atoms with Crippen LogP contribution in [-0.4, -0.2) is 34.7 Å². The Balaban J connectivity index is 0.00000196. The second kappa shape index (κ2) is 8.77. The van der Waals surface area contributed by atoms with Crippen molar-refractivity contribution in [1.29, 1.82) is 0 Å². The predicted octanol–water partition coefficient (Wildman–Crippen LogP) is 3.93. The van der Waals surface area contributed by atoms with Gasteiger partial charge in [0, 0.05) is 36.6 Å². The third-order valence-electron chi connectivity index (χ3n) is 4.71. The van der Waals surface area contributed by atoms with Crippen LogP contribution >= 0.6 is 23.7 Å². The van der Waals surface area contributed by atoms with Crippen LogP contribution in [0.25, 0.3) is 11.4 Å². The maximum atomic E-state index is 5.49. The van der Waals surface area contributed by atoms with Gasteiger partial charge in [0.15, 0.2) is 0 Å². The zero-order valence-electron chi connectivity index (χ0n) is 14.7. The molecule has 26 heavy (non-hydrogen) atoms. The van der Waals surface area contributed by atoms with Gasteiger partial charge in [-0.3, -0.25) is 4.90 Å². The maximum absolute atomic E-state index is 5.49. The van der Waals surface area contributed by atoms with Crippen molar-refractivity contribution in [3.63, 3.8) is 0 Å². The van der Waals surface area contributed by atoms with Crippen molar-refractivity contribution in [2.24, 2.45) is 0 Å². The van der Waals surface area contributed by atoms with Crippen molar-refractivity contribution in [3.8, 4) is 11.4 Å². The molecule has 1 fully saturated rings. The van der Waals surface area contributed by atoms with Crippen LogP contribution in [0, 0.1) is 0 Å². The number of hydrogen-bond donors (Lipinski definition) is 1. The zero-order chi connectivity index (χ0) is 17.1. The van der Waals surface area contributed by atoms with Crippen LogP contribution in [0.5, 0.6) is 0 Å². The van der Waals surface area contributed by atoms with Gasteiger partial charge >= 0.3 is 0 Å².